The van der Waals surface area contributed by atoms with E-state index in [2.05, 4.69) is 20.5 Å². The number of hydrogen-bond donors (Lipinski definition) is 2. The van der Waals surface area contributed by atoms with Crippen LogP contribution in [-0.4, -0.2) is 34.9 Å². The molecule has 3 heterocycles. The van der Waals surface area contributed by atoms with Crippen molar-refractivity contribution < 1.29 is 4.74 Å². The second-order valence-electron chi connectivity index (χ2n) is 4.49. The van der Waals surface area contributed by atoms with Crippen LogP contribution in [-0.2, 0) is 4.74 Å². The lowest BCUT2D eigenvalue weighted by molar-refractivity contribution is 0.187. The Balaban J connectivity index is 1.63. The Morgan fingerprint density at radius 2 is 2.44 bits per heavy atom. The van der Waals surface area contributed by atoms with Crippen LogP contribution < -0.4 is 5.32 Å². The molecule has 1 saturated heterocycles. The fourth-order valence-corrected chi connectivity index (χ4v) is 2.06. The fraction of sp³-hybridized carbons (Fsp3) is 0.385. The van der Waals surface area contributed by atoms with Gasteiger partial charge in [0, 0.05) is 31.3 Å². The first-order chi connectivity index (χ1) is 8.92. The van der Waals surface area contributed by atoms with Gasteiger partial charge < -0.3 is 10.1 Å². The summed E-state index contributed by atoms with van der Waals surface area (Å²) < 4.78 is 5.34. The van der Waals surface area contributed by atoms with E-state index in [0.717, 1.165) is 43.4 Å². The second-order valence-corrected chi connectivity index (χ2v) is 4.49. The number of rotatable bonds is 4. The molecule has 0 aromatic carbocycles. The molecule has 94 valence electrons. The summed E-state index contributed by atoms with van der Waals surface area (Å²) in [6.07, 6.45) is 2.91. The zero-order valence-electron chi connectivity index (χ0n) is 10.1. The molecule has 2 N–H and O–H groups in total. The molecular formula is C13H16N4O. The Kier molecular flexibility index (Phi) is 3.23. The summed E-state index contributed by atoms with van der Waals surface area (Å²) in [5.74, 6) is 1.46. The number of H-pyrrole nitrogens is 1. The van der Waals surface area contributed by atoms with Crippen LogP contribution in [0.5, 0.6) is 0 Å². The standard InChI is InChI=1S/C13H16N4O/c1-2-5-14-11(3-1)12-7-13(17-16-12)15-8-10-4-6-18-9-10/h1-3,5,7,10H,4,6,8-9H2,(H2,15,16,17). The van der Waals surface area contributed by atoms with Gasteiger partial charge in [0.1, 0.15) is 5.82 Å². The molecule has 0 bridgehead atoms. The Hall–Kier alpha value is -1.88. The Labute approximate surface area is 106 Å². The third kappa shape index (κ3) is 2.51. The largest absolute Gasteiger partial charge is 0.381 e. The van der Waals surface area contributed by atoms with Gasteiger partial charge in [-0.15, -0.1) is 0 Å². The van der Waals surface area contributed by atoms with Crippen LogP contribution in [0.3, 0.4) is 0 Å². The molecule has 5 heteroatoms. The monoisotopic (exact) mass is 244 g/mol. The molecule has 1 fully saturated rings. The lowest BCUT2D eigenvalue weighted by Crippen LogP contribution is -2.14. The predicted molar refractivity (Wildman–Crippen MR) is 69.2 cm³/mol. The molecule has 2 aromatic heterocycles. The van der Waals surface area contributed by atoms with E-state index in [1.807, 2.05) is 24.3 Å². The molecule has 18 heavy (non-hydrogen) atoms. The molecule has 2 aromatic rings. The molecule has 0 spiro atoms. The van der Waals surface area contributed by atoms with Crippen LogP contribution in [0.2, 0.25) is 0 Å². The van der Waals surface area contributed by atoms with E-state index < -0.39 is 0 Å². The molecule has 5 nitrogen and oxygen atoms in total. The number of aromatic nitrogens is 3. The number of nitrogens with zero attached hydrogens (tertiary/aromatic N) is 2. The van der Waals surface area contributed by atoms with Crippen molar-refractivity contribution in [2.24, 2.45) is 5.92 Å². The van der Waals surface area contributed by atoms with Gasteiger partial charge in [-0.2, -0.15) is 5.10 Å². The highest BCUT2D eigenvalue weighted by atomic mass is 16.5. The highest BCUT2D eigenvalue weighted by Gasteiger charge is 2.15. The van der Waals surface area contributed by atoms with Crippen LogP contribution in [0.1, 0.15) is 6.42 Å². The first-order valence-electron chi connectivity index (χ1n) is 6.20. The Morgan fingerprint density at radius 3 is 3.22 bits per heavy atom. The van der Waals surface area contributed by atoms with Crippen LogP contribution >= 0.6 is 0 Å². The third-order valence-corrected chi connectivity index (χ3v) is 3.11. The molecule has 0 saturated carbocycles. The van der Waals surface area contributed by atoms with E-state index in [1.165, 1.54) is 0 Å². The fourth-order valence-electron chi connectivity index (χ4n) is 2.06. The molecule has 1 atom stereocenters. The van der Waals surface area contributed by atoms with E-state index in [1.54, 1.807) is 6.20 Å². The third-order valence-electron chi connectivity index (χ3n) is 3.11. The van der Waals surface area contributed by atoms with Crippen molar-refractivity contribution in [2.45, 2.75) is 6.42 Å². The van der Waals surface area contributed by atoms with Crippen molar-refractivity contribution in [3.8, 4) is 11.4 Å². The zero-order chi connectivity index (χ0) is 12.2. The maximum atomic E-state index is 5.34. The maximum Gasteiger partial charge on any atom is 0.148 e. The normalized spacial score (nSPS) is 19.0. The summed E-state index contributed by atoms with van der Waals surface area (Å²) in [6, 6.07) is 7.81. The van der Waals surface area contributed by atoms with Gasteiger partial charge in [-0.05, 0) is 18.6 Å². The molecule has 3 rings (SSSR count). The van der Waals surface area contributed by atoms with Gasteiger partial charge in [0.2, 0.25) is 0 Å². The second kappa shape index (κ2) is 5.18. The number of pyridine rings is 1. The molecular weight excluding hydrogens is 228 g/mol. The molecule has 0 amide bonds. The number of aromatic amines is 1. The van der Waals surface area contributed by atoms with Crippen LogP contribution in [0.15, 0.2) is 30.5 Å². The lowest BCUT2D eigenvalue weighted by atomic mass is 10.1. The quantitative estimate of drug-likeness (QED) is 0.862. The molecule has 0 aliphatic carbocycles. The van der Waals surface area contributed by atoms with Crippen LogP contribution in [0.4, 0.5) is 5.82 Å². The first-order valence-corrected chi connectivity index (χ1v) is 6.20. The summed E-state index contributed by atoms with van der Waals surface area (Å²) >= 11 is 0. The van der Waals surface area contributed by atoms with Gasteiger partial charge in [0.05, 0.1) is 18.0 Å². The van der Waals surface area contributed by atoms with E-state index in [-0.39, 0.29) is 0 Å². The summed E-state index contributed by atoms with van der Waals surface area (Å²) in [6.45, 7) is 2.64. The molecule has 1 unspecified atom stereocenters. The van der Waals surface area contributed by atoms with Crippen molar-refractivity contribution >= 4 is 5.82 Å². The van der Waals surface area contributed by atoms with Gasteiger partial charge >= 0.3 is 0 Å². The van der Waals surface area contributed by atoms with Crippen molar-refractivity contribution in [3.05, 3.63) is 30.5 Å². The summed E-state index contributed by atoms with van der Waals surface area (Å²) in [5.41, 5.74) is 1.84. The Bertz CT molecular complexity index is 491. The maximum absolute atomic E-state index is 5.34. The number of ether oxygens (including phenoxy) is 1. The van der Waals surface area contributed by atoms with Crippen LogP contribution in [0.25, 0.3) is 11.4 Å². The molecule has 1 aliphatic rings. The minimum atomic E-state index is 0.597. The van der Waals surface area contributed by atoms with Crippen molar-refractivity contribution in [2.75, 3.05) is 25.1 Å². The summed E-state index contributed by atoms with van der Waals surface area (Å²) in [4.78, 5) is 4.28. The zero-order valence-corrected chi connectivity index (χ0v) is 10.1. The SMILES string of the molecule is c1ccc(-c2cc(NCC3CCOC3)n[nH]2)nc1. The van der Waals surface area contributed by atoms with Gasteiger partial charge in [-0.3, -0.25) is 10.1 Å². The van der Waals surface area contributed by atoms with Crippen LogP contribution in [0, 0.1) is 5.92 Å². The first kappa shape index (κ1) is 11.2. The lowest BCUT2D eigenvalue weighted by Gasteiger charge is -2.07. The van der Waals surface area contributed by atoms with E-state index in [9.17, 15) is 0 Å². The van der Waals surface area contributed by atoms with Gasteiger partial charge in [0.15, 0.2) is 0 Å². The van der Waals surface area contributed by atoms with Crippen molar-refractivity contribution in [3.63, 3.8) is 0 Å². The van der Waals surface area contributed by atoms with Gasteiger partial charge in [-0.25, -0.2) is 0 Å². The Morgan fingerprint density at radius 1 is 1.44 bits per heavy atom. The number of anilines is 1. The summed E-state index contributed by atoms with van der Waals surface area (Å²) in [7, 11) is 0. The van der Waals surface area contributed by atoms with Gasteiger partial charge in [-0.1, -0.05) is 6.07 Å². The minimum Gasteiger partial charge on any atom is -0.381 e. The molecule has 1 aliphatic heterocycles. The number of hydrogen-bond acceptors (Lipinski definition) is 4. The number of nitrogens with one attached hydrogen (secondary N) is 2. The van der Waals surface area contributed by atoms with E-state index >= 15 is 0 Å². The topological polar surface area (TPSA) is 62.8 Å². The highest BCUT2D eigenvalue weighted by molar-refractivity contribution is 5.58. The average Bonchev–Trinajstić information content (AvgIpc) is 3.09. The predicted octanol–water partition coefficient (Wildman–Crippen LogP) is 1.92. The molecule has 0 radical (unpaired) electrons. The summed E-state index contributed by atoms with van der Waals surface area (Å²) in [5, 5.41) is 10.6. The smallest absolute Gasteiger partial charge is 0.148 e. The van der Waals surface area contributed by atoms with Crippen molar-refractivity contribution in [1.82, 2.24) is 15.2 Å². The van der Waals surface area contributed by atoms with Crippen molar-refractivity contribution in [1.29, 1.82) is 0 Å². The van der Waals surface area contributed by atoms with E-state index in [4.69, 9.17) is 4.74 Å². The highest BCUT2D eigenvalue weighted by Crippen LogP contribution is 2.18. The minimum absolute atomic E-state index is 0.597. The average molecular weight is 244 g/mol. The van der Waals surface area contributed by atoms with Gasteiger partial charge in [0.25, 0.3) is 0 Å². The van der Waals surface area contributed by atoms with E-state index in [0.29, 0.717) is 5.92 Å².